The molecule has 0 radical (unpaired) electrons. The first-order valence-electron chi connectivity index (χ1n) is 7.00. The molecule has 1 atom stereocenters. The number of hydrogen-bond donors (Lipinski definition) is 1. The lowest BCUT2D eigenvalue weighted by Gasteiger charge is -2.33. The Kier molecular flexibility index (Phi) is 4.59. The Bertz CT molecular complexity index is 673. The number of halogens is 1. The summed E-state index contributed by atoms with van der Waals surface area (Å²) in [4.78, 5) is 3.37. The van der Waals surface area contributed by atoms with Gasteiger partial charge in [-0.1, -0.05) is 11.6 Å². The van der Waals surface area contributed by atoms with E-state index in [1.807, 2.05) is 24.3 Å². The quantitative estimate of drug-likeness (QED) is 0.926. The summed E-state index contributed by atoms with van der Waals surface area (Å²) in [5, 5.41) is 10.5. The van der Waals surface area contributed by atoms with E-state index in [1.165, 1.54) is 4.88 Å². The second-order valence-corrected chi connectivity index (χ2v) is 7.05. The van der Waals surface area contributed by atoms with Gasteiger partial charge in [-0.3, -0.25) is 4.90 Å². The minimum absolute atomic E-state index is 0.562. The lowest BCUT2D eigenvalue weighted by molar-refractivity contribution is 0.0849. The van der Waals surface area contributed by atoms with Crippen molar-refractivity contribution in [3.63, 3.8) is 0 Å². The molecule has 6 heteroatoms. The van der Waals surface area contributed by atoms with Gasteiger partial charge < -0.3 is 14.6 Å². The predicted molar refractivity (Wildman–Crippen MR) is 87.9 cm³/mol. The van der Waals surface area contributed by atoms with Crippen molar-refractivity contribution in [3.05, 3.63) is 44.6 Å². The molecule has 0 fully saturated rings. The SMILES string of the molecule is COc1ccc(OC)c2c1CN(Cc1ccc(Cl)s1)C[C@H]2O. The molecule has 0 spiro atoms. The molecule has 0 aliphatic carbocycles. The number of rotatable bonds is 4. The summed E-state index contributed by atoms with van der Waals surface area (Å²) < 4.78 is 11.6. The highest BCUT2D eigenvalue weighted by Gasteiger charge is 2.29. The van der Waals surface area contributed by atoms with Crippen LogP contribution in [0.15, 0.2) is 24.3 Å². The van der Waals surface area contributed by atoms with Gasteiger partial charge in [-0.15, -0.1) is 11.3 Å². The third-order valence-corrected chi connectivity index (χ3v) is 5.08. The molecule has 0 saturated carbocycles. The molecule has 0 unspecified atom stereocenters. The van der Waals surface area contributed by atoms with Crippen LogP contribution in [-0.4, -0.2) is 30.8 Å². The Morgan fingerprint density at radius 2 is 1.95 bits per heavy atom. The molecular formula is C16H18ClNO3S. The summed E-state index contributed by atoms with van der Waals surface area (Å²) in [7, 11) is 3.27. The van der Waals surface area contributed by atoms with Crippen LogP contribution in [0.5, 0.6) is 11.5 Å². The van der Waals surface area contributed by atoms with Crippen molar-refractivity contribution < 1.29 is 14.6 Å². The molecule has 0 saturated heterocycles. The van der Waals surface area contributed by atoms with Crippen molar-refractivity contribution in [2.75, 3.05) is 20.8 Å². The first-order valence-corrected chi connectivity index (χ1v) is 8.20. The fraction of sp³-hybridized carbons (Fsp3) is 0.375. The maximum atomic E-state index is 10.5. The zero-order valence-electron chi connectivity index (χ0n) is 12.5. The van der Waals surface area contributed by atoms with E-state index >= 15 is 0 Å². The number of aliphatic hydroxyl groups excluding tert-OH is 1. The van der Waals surface area contributed by atoms with Gasteiger partial charge in [0, 0.05) is 35.6 Å². The van der Waals surface area contributed by atoms with Crippen molar-refractivity contribution >= 4 is 22.9 Å². The van der Waals surface area contributed by atoms with Crippen molar-refractivity contribution in [1.82, 2.24) is 4.90 Å². The molecule has 22 heavy (non-hydrogen) atoms. The van der Waals surface area contributed by atoms with Crippen LogP contribution >= 0.6 is 22.9 Å². The number of aliphatic hydroxyl groups is 1. The normalized spacial score (nSPS) is 18.1. The maximum absolute atomic E-state index is 10.5. The predicted octanol–water partition coefficient (Wildman–Crippen LogP) is 3.47. The molecule has 2 aromatic rings. The molecule has 3 rings (SSSR count). The van der Waals surface area contributed by atoms with Gasteiger partial charge in [-0.25, -0.2) is 0 Å². The number of thiophene rings is 1. The molecule has 1 aromatic heterocycles. The zero-order chi connectivity index (χ0) is 15.7. The topological polar surface area (TPSA) is 41.9 Å². The molecule has 0 bridgehead atoms. The number of nitrogens with zero attached hydrogens (tertiary/aromatic N) is 1. The van der Waals surface area contributed by atoms with Crippen molar-refractivity contribution in [3.8, 4) is 11.5 Å². The highest BCUT2D eigenvalue weighted by atomic mass is 35.5. The van der Waals surface area contributed by atoms with Gasteiger partial charge in [0.15, 0.2) is 0 Å². The highest BCUT2D eigenvalue weighted by molar-refractivity contribution is 7.16. The van der Waals surface area contributed by atoms with Crippen LogP contribution in [0.25, 0.3) is 0 Å². The molecule has 118 valence electrons. The highest BCUT2D eigenvalue weighted by Crippen LogP contribution is 2.40. The van der Waals surface area contributed by atoms with Crippen LogP contribution in [0.1, 0.15) is 22.1 Å². The van der Waals surface area contributed by atoms with Crippen LogP contribution in [0.4, 0.5) is 0 Å². The summed E-state index contributed by atoms with van der Waals surface area (Å²) in [6, 6.07) is 7.66. The van der Waals surface area contributed by atoms with E-state index in [-0.39, 0.29) is 0 Å². The van der Waals surface area contributed by atoms with E-state index in [9.17, 15) is 5.11 Å². The Morgan fingerprint density at radius 1 is 1.23 bits per heavy atom. The Hall–Kier alpha value is -1.27. The van der Waals surface area contributed by atoms with Gasteiger partial charge in [0.2, 0.25) is 0 Å². The molecule has 4 nitrogen and oxygen atoms in total. The van der Waals surface area contributed by atoms with E-state index in [2.05, 4.69) is 4.90 Å². The van der Waals surface area contributed by atoms with Crippen molar-refractivity contribution in [2.45, 2.75) is 19.2 Å². The first kappa shape index (κ1) is 15.6. The first-order chi connectivity index (χ1) is 10.6. The summed E-state index contributed by atoms with van der Waals surface area (Å²) >= 11 is 7.56. The maximum Gasteiger partial charge on any atom is 0.125 e. The van der Waals surface area contributed by atoms with E-state index in [1.54, 1.807) is 25.6 Å². The monoisotopic (exact) mass is 339 g/mol. The number of benzene rings is 1. The second kappa shape index (κ2) is 6.46. The van der Waals surface area contributed by atoms with Crippen LogP contribution in [0.3, 0.4) is 0 Å². The number of methoxy groups -OCH3 is 2. The number of β-amino-alcohol motifs (C(OH)–C–C–N with tert-alkyl or cyclic N) is 1. The second-order valence-electron chi connectivity index (χ2n) is 5.25. The fourth-order valence-electron chi connectivity index (χ4n) is 2.92. The number of ether oxygens (including phenoxy) is 2. The van der Waals surface area contributed by atoms with Gasteiger partial charge >= 0.3 is 0 Å². The average Bonchev–Trinajstić information content (AvgIpc) is 2.91. The van der Waals surface area contributed by atoms with Crippen LogP contribution < -0.4 is 9.47 Å². The number of hydrogen-bond acceptors (Lipinski definition) is 5. The largest absolute Gasteiger partial charge is 0.496 e. The van der Waals surface area contributed by atoms with Gasteiger partial charge in [0.1, 0.15) is 11.5 Å². The zero-order valence-corrected chi connectivity index (χ0v) is 14.1. The van der Waals surface area contributed by atoms with E-state index in [0.717, 1.165) is 27.8 Å². The van der Waals surface area contributed by atoms with E-state index < -0.39 is 6.10 Å². The Balaban J connectivity index is 1.90. The van der Waals surface area contributed by atoms with Crippen LogP contribution in [0.2, 0.25) is 4.34 Å². The van der Waals surface area contributed by atoms with E-state index in [4.69, 9.17) is 21.1 Å². The minimum Gasteiger partial charge on any atom is -0.496 e. The standard InChI is InChI=1S/C16H18ClNO3S/c1-20-13-4-5-14(21-2)16-11(13)8-18(9-12(16)19)7-10-3-6-15(17)22-10/h3-6,12,19H,7-9H2,1-2H3/t12-/m1/s1. The van der Waals surface area contributed by atoms with Crippen molar-refractivity contribution in [2.24, 2.45) is 0 Å². The smallest absolute Gasteiger partial charge is 0.125 e. The number of fused-ring (bicyclic) bond motifs is 1. The van der Waals surface area contributed by atoms with Gasteiger partial charge in [0.25, 0.3) is 0 Å². The Labute approximate surface area is 138 Å². The minimum atomic E-state index is -0.593. The third-order valence-electron chi connectivity index (χ3n) is 3.87. The Morgan fingerprint density at radius 3 is 2.59 bits per heavy atom. The lowest BCUT2D eigenvalue weighted by Crippen LogP contribution is -2.33. The van der Waals surface area contributed by atoms with Crippen LogP contribution in [0, 0.1) is 0 Å². The summed E-state index contributed by atoms with van der Waals surface area (Å²) in [6.07, 6.45) is -0.593. The van der Waals surface area contributed by atoms with Crippen molar-refractivity contribution in [1.29, 1.82) is 0 Å². The van der Waals surface area contributed by atoms with Crippen LogP contribution in [-0.2, 0) is 13.1 Å². The lowest BCUT2D eigenvalue weighted by atomic mass is 9.95. The summed E-state index contributed by atoms with van der Waals surface area (Å²) in [5.74, 6) is 1.49. The molecule has 1 aliphatic rings. The molecule has 1 aromatic carbocycles. The van der Waals surface area contributed by atoms with Gasteiger partial charge in [0.05, 0.1) is 24.7 Å². The molecule has 0 amide bonds. The van der Waals surface area contributed by atoms with E-state index in [0.29, 0.717) is 18.8 Å². The summed E-state index contributed by atoms with van der Waals surface area (Å²) in [5.41, 5.74) is 1.82. The fourth-order valence-corrected chi connectivity index (χ4v) is 4.05. The average molecular weight is 340 g/mol. The molecule has 2 heterocycles. The summed E-state index contributed by atoms with van der Waals surface area (Å²) in [6.45, 7) is 2.03. The molecular weight excluding hydrogens is 322 g/mol. The van der Waals surface area contributed by atoms with Gasteiger partial charge in [-0.2, -0.15) is 0 Å². The van der Waals surface area contributed by atoms with Gasteiger partial charge in [-0.05, 0) is 24.3 Å². The third kappa shape index (κ3) is 2.94. The molecule has 1 aliphatic heterocycles. The molecule has 1 N–H and O–H groups in total.